The Labute approximate surface area is 199 Å². The van der Waals surface area contributed by atoms with E-state index in [0.29, 0.717) is 29.4 Å². The summed E-state index contributed by atoms with van der Waals surface area (Å²) in [7, 11) is 1.65. The van der Waals surface area contributed by atoms with Crippen molar-refractivity contribution < 1.29 is 14.6 Å². The lowest BCUT2D eigenvalue weighted by Gasteiger charge is -2.46. The van der Waals surface area contributed by atoms with Gasteiger partial charge in [-0.25, -0.2) is 9.97 Å². The van der Waals surface area contributed by atoms with E-state index in [4.69, 9.17) is 14.8 Å². The average molecular weight is 462 g/mol. The minimum absolute atomic E-state index is 0.324. The molecule has 1 aliphatic heterocycles. The number of anilines is 1. The number of carboxylic acid groups (broad SMARTS) is 1. The van der Waals surface area contributed by atoms with Crippen LogP contribution in [0.2, 0.25) is 0 Å². The highest BCUT2D eigenvalue weighted by Crippen LogP contribution is 2.47. The third kappa shape index (κ3) is 4.76. The van der Waals surface area contributed by atoms with E-state index in [1.807, 2.05) is 36.5 Å². The van der Waals surface area contributed by atoms with Crippen molar-refractivity contribution in [2.24, 2.45) is 11.3 Å². The van der Waals surface area contributed by atoms with E-state index in [2.05, 4.69) is 26.1 Å². The number of pyridine rings is 1. The van der Waals surface area contributed by atoms with Crippen molar-refractivity contribution in [3.8, 4) is 28.5 Å². The molecule has 3 aromatic rings. The lowest BCUT2D eigenvalue weighted by Crippen LogP contribution is -2.42. The van der Waals surface area contributed by atoms with Gasteiger partial charge in [0.1, 0.15) is 11.6 Å². The summed E-state index contributed by atoms with van der Waals surface area (Å²) in [5.41, 5.74) is 2.22. The summed E-state index contributed by atoms with van der Waals surface area (Å²) in [6.45, 7) is 2.00. The van der Waals surface area contributed by atoms with Gasteiger partial charge in [0.25, 0.3) is 0 Å². The molecule has 1 aromatic carbocycles. The number of nitrogens with one attached hydrogen (secondary N) is 1. The van der Waals surface area contributed by atoms with Gasteiger partial charge in [0.15, 0.2) is 11.6 Å². The van der Waals surface area contributed by atoms with Crippen LogP contribution in [0.5, 0.6) is 5.75 Å². The maximum atomic E-state index is 11.0. The third-order valence-electron chi connectivity index (χ3n) is 7.63. The van der Waals surface area contributed by atoms with Gasteiger partial charge in [-0.15, -0.1) is 0 Å². The SMILES string of the molecule is COc1ccc(-c2nc(-c3ccc(N4CCC5(CCC(CC(=O)O)CC5)CC4)nc3)n[nH]2)cc1. The van der Waals surface area contributed by atoms with Crippen molar-refractivity contribution in [2.75, 3.05) is 25.1 Å². The molecular weight excluding hydrogens is 430 g/mol. The van der Waals surface area contributed by atoms with Crippen LogP contribution in [0.1, 0.15) is 44.9 Å². The van der Waals surface area contributed by atoms with Gasteiger partial charge in [-0.3, -0.25) is 9.89 Å². The summed E-state index contributed by atoms with van der Waals surface area (Å²) < 4.78 is 5.21. The van der Waals surface area contributed by atoms with Gasteiger partial charge in [-0.05, 0) is 86.3 Å². The smallest absolute Gasteiger partial charge is 0.303 e. The number of aliphatic carboxylic acids is 1. The van der Waals surface area contributed by atoms with Crippen LogP contribution < -0.4 is 9.64 Å². The number of hydrogen-bond donors (Lipinski definition) is 2. The van der Waals surface area contributed by atoms with Gasteiger partial charge in [-0.1, -0.05) is 0 Å². The first-order valence-electron chi connectivity index (χ1n) is 12.0. The second kappa shape index (κ2) is 9.44. The summed E-state index contributed by atoms with van der Waals surface area (Å²) in [6.07, 6.45) is 8.90. The summed E-state index contributed by atoms with van der Waals surface area (Å²) in [5.74, 6) is 2.83. The number of carbonyl (C=O) groups is 1. The molecule has 0 atom stereocenters. The first-order valence-corrected chi connectivity index (χ1v) is 12.0. The standard InChI is InChI=1S/C26H31N5O3/c1-34-21-5-2-19(3-6-21)24-28-25(30-29-24)20-4-7-22(27-17-20)31-14-12-26(13-15-31)10-8-18(9-11-26)16-23(32)33/h2-7,17-18H,8-16H2,1H3,(H,32,33)(H,28,29,30). The van der Waals surface area contributed by atoms with E-state index in [1.54, 1.807) is 7.11 Å². The van der Waals surface area contributed by atoms with Crippen molar-refractivity contribution in [1.29, 1.82) is 0 Å². The highest BCUT2D eigenvalue weighted by Gasteiger charge is 2.38. The number of H-pyrrole nitrogens is 1. The molecule has 1 saturated heterocycles. The van der Waals surface area contributed by atoms with Crippen LogP contribution in [0, 0.1) is 11.3 Å². The Balaban J connectivity index is 1.19. The van der Waals surface area contributed by atoms with Gasteiger partial charge >= 0.3 is 5.97 Å². The minimum Gasteiger partial charge on any atom is -0.497 e. The third-order valence-corrected chi connectivity index (χ3v) is 7.63. The van der Waals surface area contributed by atoms with Crippen LogP contribution in [-0.4, -0.2) is 51.4 Å². The largest absolute Gasteiger partial charge is 0.497 e. The molecule has 0 radical (unpaired) electrons. The number of piperidine rings is 1. The predicted octanol–water partition coefficient (Wildman–Crippen LogP) is 4.79. The number of methoxy groups -OCH3 is 1. The van der Waals surface area contributed by atoms with E-state index in [9.17, 15) is 4.79 Å². The number of aromatic nitrogens is 4. The quantitative estimate of drug-likeness (QED) is 0.544. The van der Waals surface area contributed by atoms with E-state index in [1.165, 1.54) is 0 Å². The Morgan fingerprint density at radius 2 is 1.79 bits per heavy atom. The Kier molecular flexibility index (Phi) is 6.22. The number of aromatic amines is 1. The molecule has 178 valence electrons. The molecule has 0 unspecified atom stereocenters. The number of hydrogen-bond acceptors (Lipinski definition) is 6. The summed E-state index contributed by atoms with van der Waals surface area (Å²) >= 11 is 0. The molecule has 2 N–H and O–H groups in total. The molecule has 3 heterocycles. The number of rotatable bonds is 6. The van der Waals surface area contributed by atoms with Crippen LogP contribution in [0.15, 0.2) is 42.6 Å². The molecule has 2 aliphatic rings. The maximum Gasteiger partial charge on any atom is 0.303 e. The fourth-order valence-electron chi connectivity index (χ4n) is 5.43. The zero-order chi connectivity index (χ0) is 23.5. The number of nitrogens with zero attached hydrogens (tertiary/aromatic N) is 4. The van der Waals surface area contributed by atoms with Gasteiger partial charge in [0.05, 0.1) is 7.11 Å². The van der Waals surface area contributed by atoms with Crippen LogP contribution in [0.4, 0.5) is 5.82 Å². The molecule has 8 nitrogen and oxygen atoms in total. The fraction of sp³-hybridized carbons (Fsp3) is 0.462. The number of ether oxygens (including phenoxy) is 1. The van der Waals surface area contributed by atoms with Gasteiger partial charge < -0.3 is 14.7 Å². The van der Waals surface area contributed by atoms with E-state index in [0.717, 1.165) is 74.3 Å². The Morgan fingerprint density at radius 1 is 1.09 bits per heavy atom. The zero-order valence-electron chi connectivity index (χ0n) is 19.5. The lowest BCUT2D eigenvalue weighted by molar-refractivity contribution is -0.138. The number of benzene rings is 1. The molecule has 2 aromatic heterocycles. The van der Waals surface area contributed by atoms with Crippen LogP contribution in [0.25, 0.3) is 22.8 Å². The fourth-order valence-corrected chi connectivity index (χ4v) is 5.43. The summed E-state index contributed by atoms with van der Waals surface area (Å²) in [5, 5.41) is 16.4. The monoisotopic (exact) mass is 461 g/mol. The van der Waals surface area contributed by atoms with Gasteiger partial charge in [-0.2, -0.15) is 5.10 Å². The summed E-state index contributed by atoms with van der Waals surface area (Å²) in [6, 6.07) is 11.8. The van der Waals surface area contributed by atoms with Crippen molar-refractivity contribution in [3.63, 3.8) is 0 Å². The Hall–Kier alpha value is -3.42. The predicted molar refractivity (Wildman–Crippen MR) is 130 cm³/mol. The minimum atomic E-state index is -0.660. The van der Waals surface area contributed by atoms with Gasteiger partial charge in [0.2, 0.25) is 0 Å². The molecule has 2 fully saturated rings. The molecule has 1 aliphatic carbocycles. The van der Waals surface area contributed by atoms with Crippen LogP contribution in [-0.2, 0) is 4.79 Å². The average Bonchev–Trinajstić information content (AvgIpc) is 3.36. The molecule has 34 heavy (non-hydrogen) atoms. The molecular formula is C26H31N5O3. The first kappa shape index (κ1) is 22.4. The van der Waals surface area contributed by atoms with E-state index >= 15 is 0 Å². The topological polar surface area (TPSA) is 104 Å². The highest BCUT2D eigenvalue weighted by molar-refractivity contribution is 5.67. The molecule has 1 spiro atoms. The maximum absolute atomic E-state index is 11.0. The second-order valence-electron chi connectivity index (χ2n) is 9.67. The van der Waals surface area contributed by atoms with Crippen molar-refractivity contribution in [1.82, 2.24) is 20.2 Å². The van der Waals surface area contributed by atoms with Gasteiger partial charge in [0, 0.05) is 36.8 Å². The lowest BCUT2D eigenvalue weighted by atomic mass is 9.65. The van der Waals surface area contributed by atoms with Crippen molar-refractivity contribution in [2.45, 2.75) is 44.9 Å². The van der Waals surface area contributed by atoms with E-state index in [-0.39, 0.29) is 0 Å². The number of carboxylic acids is 1. The molecule has 0 bridgehead atoms. The molecule has 8 heteroatoms. The first-order chi connectivity index (χ1) is 16.5. The van der Waals surface area contributed by atoms with Crippen LogP contribution in [0.3, 0.4) is 0 Å². The van der Waals surface area contributed by atoms with Crippen LogP contribution >= 0.6 is 0 Å². The van der Waals surface area contributed by atoms with Crippen molar-refractivity contribution in [3.05, 3.63) is 42.6 Å². The molecule has 0 amide bonds. The van der Waals surface area contributed by atoms with E-state index < -0.39 is 5.97 Å². The molecule has 5 rings (SSSR count). The van der Waals surface area contributed by atoms with Crippen molar-refractivity contribution >= 4 is 11.8 Å². The zero-order valence-corrected chi connectivity index (χ0v) is 19.5. The normalized spacial score (nSPS) is 18.2. The second-order valence-corrected chi connectivity index (χ2v) is 9.67. The molecule has 1 saturated carbocycles. The summed E-state index contributed by atoms with van der Waals surface area (Å²) in [4.78, 5) is 22.7. The highest BCUT2D eigenvalue weighted by atomic mass is 16.5. The Bertz CT molecular complexity index is 1110. The Morgan fingerprint density at radius 3 is 2.41 bits per heavy atom.